The summed E-state index contributed by atoms with van der Waals surface area (Å²) in [7, 11) is 3.14. The number of carbonyl (C=O) groups excluding carboxylic acids is 2. The highest BCUT2D eigenvalue weighted by Gasteiger charge is 2.43. The Labute approximate surface area is 206 Å². The van der Waals surface area contributed by atoms with E-state index >= 15 is 0 Å². The predicted octanol–water partition coefficient (Wildman–Crippen LogP) is 2.97. The Kier molecular flexibility index (Phi) is 7.57. The number of ether oxygens (including phenoxy) is 2. The first-order chi connectivity index (χ1) is 16.8. The van der Waals surface area contributed by atoms with Gasteiger partial charge >= 0.3 is 0 Å². The number of tetrazole rings is 1. The highest BCUT2D eigenvalue weighted by molar-refractivity contribution is 5.91. The van der Waals surface area contributed by atoms with E-state index in [0.717, 1.165) is 51.4 Å². The van der Waals surface area contributed by atoms with E-state index in [1.165, 1.54) is 4.80 Å². The van der Waals surface area contributed by atoms with Crippen LogP contribution in [0.1, 0.15) is 65.2 Å². The summed E-state index contributed by atoms with van der Waals surface area (Å²) < 4.78 is 10.6. The molecule has 2 aliphatic rings. The van der Waals surface area contributed by atoms with Crippen molar-refractivity contribution < 1.29 is 19.1 Å². The van der Waals surface area contributed by atoms with Gasteiger partial charge in [-0.2, -0.15) is 4.80 Å². The van der Waals surface area contributed by atoms with Gasteiger partial charge in [-0.1, -0.05) is 25.7 Å². The SMILES string of the molecule is COc1ccc(-c2nnn(CC(=O)N(C3CCCC3)C(C)(C)C(=O)NC3CCCC3)n2)cc1OC. The standard InChI is InChI=1S/C25H36N6O4/c1-25(2,24(33)26-18-9-5-6-10-18)31(19-11-7-8-12-19)22(32)16-30-28-23(27-29-30)17-13-14-20(34-3)21(15-17)35-4/h13-15,18-19H,5-12,16H2,1-4H3,(H,26,33). The molecule has 0 aliphatic heterocycles. The molecule has 10 nitrogen and oxygen atoms in total. The quantitative estimate of drug-likeness (QED) is 0.582. The molecule has 2 amide bonds. The van der Waals surface area contributed by atoms with E-state index in [1.807, 2.05) is 19.9 Å². The molecule has 0 saturated heterocycles. The lowest BCUT2D eigenvalue weighted by atomic mass is 9.96. The zero-order chi connectivity index (χ0) is 25.0. The number of aromatic nitrogens is 4. The topological polar surface area (TPSA) is 111 Å². The summed E-state index contributed by atoms with van der Waals surface area (Å²) in [6, 6.07) is 5.58. The number of hydrogen-bond donors (Lipinski definition) is 1. The molecule has 10 heteroatoms. The Balaban J connectivity index is 1.51. The molecule has 4 rings (SSSR count). The maximum atomic E-state index is 13.6. The molecule has 35 heavy (non-hydrogen) atoms. The van der Waals surface area contributed by atoms with Gasteiger partial charge in [0.1, 0.15) is 12.1 Å². The Bertz CT molecular complexity index is 1040. The number of nitrogens with zero attached hydrogens (tertiary/aromatic N) is 5. The Morgan fingerprint density at radius 2 is 1.71 bits per heavy atom. The average Bonchev–Trinajstić information content (AvgIpc) is 3.62. The molecule has 1 N–H and O–H groups in total. The molecule has 190 valence electrons. The average molecular weight is 485 g/mol. The van der Waals surface area contributed by atoms with Gasteiger partial charge < -0.3 is 19.7 Å². The van der Waals surface area contributed by atoms with Gasteiger partial charge in [-0.3, -0.25) is 9.59 Å². The summed E-state index contributed by atoms with van der Waals surface area (Å²) in [5, 5.41) is 15.8. The lowest BCUT2D eigenvalue weighted by Gasteiger charge is -2.42. The number of rotatable bonds is 9. The molecule has 0 atom stereocenters. The van der Waals surface area contributed by atoms with Crippen LogP contribution in [0.25, 0.3) is 11.4 Å². The molecule has 0 spiro atoms. The van der Waals surface area contributed by atoms with Crippen molar-refractivity contribution in [1.82, 2.24) is 30.4 Å². The fourth-order valence-corrected chi connectivity index (χ4v) is 5.27. The van der Waals surface area contributed by atoms with Crippen molar-refractivity contribution in [3.63, 3.8) is 0 Å². The summed E-state index contributed by atoms with van der Waals surface area (Å²) in [5.74, 6) is 1.26. The number of amides is 2. The minimum Gasteiger partial charge on any atom is -0.493 e. The van der Waals surface area contributed by atoms with Crippen molar-refractivity contribution >= 4 is 11.8 Å². The maximum absolute atomic E-state index is 13.6. The monoisotopic (exact) mass is 484 g/mol. The second-order valence-electron chi connectivity index (χ2n) is 9.93. The van der Waals surface area contributed by atoms with Crippen molar-refractivity contribution in [2.75, 3.05) is 14.2 Å². The van der Waals surface area contributed by atoms with Gasteiger partial charge in [0.05, 0.1) is 14.2 Å². The molecule has 1 heterocycles. The van der Waals surface area contributed by atoms with Crippen LogP contribution in [0.4, 0.5) is 0 Å². The molecule has 1 aromatic carbocycles. The Morgan fingerprint density at radius 1 is 1.06 bits per heavy atom. The van der Waals surface area contributed by atoms with Crippen LogP contribution in [0.15, 0.2) is 18.2 Å². The second kappa shape index (κ2) is 10.6. The van der Waals surface area contributed by atoms with E-state index in [4.69, 9.17) is 9.47 Å². The molecule has 2 aromatic rings. The molecule has 2 saturated carbocycles. The normalized spacial score (nSPS) is 16.9. The smallest absolute Gasteiger partial charge is 0.247 e. The van der Waals surface area contributed by atoms with E-state index in [9.17, 15) is 9.59 Å². The van der Waals surface area contributed by atoms with Gasteiger partial charge in [0.25, 0.3) is 0 Å². The van der Waals surface area contributed by atoms with Crippen LogP contribution in [-0.2, 0) is 16.1 Å². The largest absolute Gasteiger partial charge is 0.493 e. The van der Waals surface area contributed by atoms with E-state index in [1.54, 1.807) is 31.3 Å². The first kappa shape index (κ1) is 24.9. The van der Waals surface area contributed by atoms with Gasteiger partial charge in [-0.05, 0) is 62.9 Å². The maximum Gasteiger partial charge on any atom is 0.247 e. The fourth-order valence-electron chi connectivity index (χ4n) is 5.27. The highest BCUT2D eigenvalue weighted by Crippen LogP contribution is 2.32. The van der Waals surface area contributed by atoms with Gasteiger partial charge in [0, 0.05) is 17.6 Å². The van der Waals surface area contributed by atoms with Crippen LogP contribution in [0.3, 0.4) is 0 Å². The molecule has 0 unspecified atom stereocenters. The third-order valence-corrected chi connectivity index (χ3v) is 7.18. The van der Waals surface area contributed by atoms with Gasteiger partial charge in [0.15, 0.2) is 11.5 Å². The summed E-state index contributed by atoms with van der Waals surface area (Å²) in [6.45, 7) is 3.60. The molecule has 2 fully saturated rings. The summed E-state index contributed by atoms with van der Waals surface area (Å²) in [6.07, 6.45) is 8.18. The minimum absolute atomic E-state index is 0.0284. The van der Waals surface area contributed by atoms with Crippen molar-refractivity contribution in [1.29, 1.82) is 0 Å². The van der Waals surface area contributed by atoms with Crippen LogP contribution in [-0.4, -0.2) is 68.8 Å². The van der Waals surface area contributed by atoms with Crippen molar-refractivity contribution in [2.24, 2.45) is 0 Å². The molecular formula is C25H36N6O4. The number of nitrogens with one attached hydrogen (secondary N) is 1. The molecule has 0 bridgehead atoms. The second-order valence-corrected chi connectivity index (χ2v) is 9.93. The third-order valence-electron chi connectivity index (χ3n) is 7.18. The van der Waals surface area contributed by atoms with Crippen LogP contribution >= 0.6 is 0 Å². The first-order valence-corrected chi connectivity index (χ1v) is 12.5. The lowest BCUT2D eigenvalue weighted by molar-refractivity contribution is -0.150. The summed E-state index contributed by atoms with van der Waals surface area (Å²) >= 11 is 0. The summed E-state index contributed by atoms with van der Waals surface area (Å²) in [4.78, 5) is 30.0. The number of hydrogen-bond acceptors (Lipinski definition) is 7. The number of methoxy groups -OCH3 is 2. The zero-order valence-corrected chi connectivity index (χ0v) is 21.1. The third kappa shape index (κ3) is 5.41. The zero-order valence-electron chi connectivity index (χ0n) is 21.1. The van der Waals surface area contributed by atoms with Crippen molar-refractivity contribution in [2.45, 2.75) is 89.4 Å². The van der Waals surface area contributed by atoms with E-state index in [2.05, 4.69) is 20.7 Å². The van der Waals surface area contributed by atoms with Crippen molar-refractivity contribution in [3.8, 4) is 22.9 Å². The Hall–Kier alpha value is -3.17. The molecule has 2 aliphatic carbocycles. The van der Waals surface area contributed by atoms with Gasteiger partial charge in [0.2, 0.25) is 17.6 Å². The predicted molar refractivity (Wildman–Crippen MR) is 130 cm³/mol. The van der Waals surface area contributed by atoms with Crippen LogP contribution in [0.5, 0.6) is 11.5 Å². The molecular weight excluding hydrogens is 448 g/mol. The van der Waals surface area contributed by atoms with E-state index in [0.29, 0.717) is 22.9 Å². The summed E-state index contributed by atoms with van der Waals surface area (Å²) in [5.41, 5.74) is -0.271. The highest BCUT2D eigenvalue weighted by atomic mass is 16.5. The molecule has 0 radical (unpaired) electrons. The van der Waals surface area contributed by atoms with Crippen LogP contribution in [0, 0.1) is 0 Å². The van der Waals surface area contributed by atoms with E-state index in [-0.39, 0.29) is 30.4 Å². The Morgan fingerprint density at radius 3 is 2.37 bits per heavy atom. The molecule has 1 aromatic heterocycles. The van der Waals surface area contributed by atoms with Crippen molar-refractivity contribution in [3.05, 3.63) is 18.2 Å². The van der Waals surface area contributed by atoms with E-state index < -0.39 is 5.54 Å². The van der Waals surface area contributed by atoms with Crippen LogP contribution < -0.4 is 14.8 Å². The lowest BCUT2D eigenvalue weighted by Crippen LogP contribution is -2.61. The fraction of sp³-hybridized carbons (Fsp3) is 0.640. The first-order valence-electron chi connectivity index (χ1n) is 12.5. The van der Waals surface area contributed by atoms with Crippen LogP contribution in [0.2, 0.25) is 0 Å². The minimum atomic E-state index is -0.971. The van der Waals surface area contributed by atoms with Gasteiger partial charge in [-0.25, -0.2) is 0 Å². The number of carbonyl (C=O) groups is 2. The van der Waals surface area contributed by atoms with Gasteiger partial charge in [-0.15, -0.1) is 10.2 Å². The number of benzene rings is 1.